The maximum atomic E-state index is 12.6. The number of fused-ring (bicyclic) bond motifs is 2. The molecule has 0 bridgehead atoms. The Balaban J connectivity index is 1.32. The summed E-state index contributed by atoms with van der Waals surface area (Å²) < 4.78 is 16.7. The van der Waals surface area contributed by atoms with Crippen LogP contribution in [-0.2, 0) is 16.0 Å². The van der Waals surface area contributed by atoms with Gasteiger partial charge in [0.1, 0.15) is 11.4 Å². The maximum Gasteiger partial charge on any atom is 0.408 e. The van der Waals surface area contributed by atoms with Gasteiger partial charge in [-0.3, -0.25) is 4.79 Å². The summed E-state index contributed by atoms with van der Waals surface area (Å²) in [6.45, 7) is 6.38. The molecular weight excluding hydrogens is 348 g/mol. The van der Waals surface area contributed by atoms with Crippen molar-refractivity contribution in [1.29, 1.82) is 0 Å². The molecule has 0 aromatic carbocycles. The molecule has 1 aromatic heterocycles. The van der Waals surface area contributed by atoms with E-state index in [4.69, 9.17) is 13.9 Å². The Morgan fingerprint density at radius 3 is 2.74 bits per heavy atom. The van der Waals surface area contributed by atoms with E-state index in [0.717, 1.165) is 25.9 Å². The summed E-state index contributed by atoms with van der Waals surface area (Å²) >= 11 is 0. The highest BCUT2D eigenvalue weighted by molar-refractivity contribution is 5.92. The van der Waals surface area contributed by atoms with Gasteiger partial charge in [-0.25, -0.2) is 4.79 Å². The first-order valence-corrected chi connectivity index (χ1v) is 9.76. The lowest BCUT2D eigenvalue weighted by Crippen LogP contribution is -2.71. The van der Waals surface area contributed by atoms with Gasteiger partial charge in [0.25, 0.3) is 5.91 Å². The van der Waals surface area contributed by atoms with E-state index in [1.54, 1.807) is 32.9 Å². The van der Waals surface area contributed by atoms with Gasteiger partial charge >= 0.3 is 6.09 Å². The minimum atomic E-state index is -0.555. The van der Waals surface area contributed by atoms with Crippen LogP contribution in [0.3, 0.4) is 0 Å². The van der Waals surface area contributed by atoms with Crippen LogP contribution >= 0.6 is 0 Å². The molecule has 7 nitrogen and oxygen atoms in total. The third-order valence-corrected chi connectivity index (χ3v) is 6.01. The van der Waals surface area contributed by atoms with Gasteiger partial charge in [0.2, 0.25) is 0 Å². The monoisotopic (exact) mass is 376 g/mol. The van der Waals surface area contributed by atoms with Crippen LogP contribution in [0.25, 0.3) is 0 Å². The minimum Gasteiger partial charge on any atom is -0.454 e. The molecule has 0 unspecified atom stereocenters. The topological polar surface area (TPSA) is 89.8 Å². The largest absolute Gasteiger partial charge is 0.454 e. The van der Waals surface area contributed by atoms with Gasteiger partial charge in [0, 0.05) is 24.0 Å². The summed E-state index contributed by atoms with van der Waals surface area (Å²) in [4.78, 5) is 24.4. The van der Waals surface area contributed by atoms with E-state index in [0.29, 0.717) is 17.8 Å². The lowest BCUT2D eigenvalue weighted by atomic mass is 9.46. The van der Waals surface area contributed by atoms with Gasteiger partial charge in [-0.15, -0.1) is 0 Å². The molecule has 2 heterocycles. The van der Waals surface area contributed by atoms with E-state index >= 15 is 0 Å². The van der Waals surface area contributed by atoms with Crippen LogP contribution < -0.4 is 10.6 Å². The fourth-order valence-electron chi connectivity index (χ4n) is 4.74. The van der Waals surface area contributed by atoms with E-state index in [1.165, 1.54) is 6.42 Å². The van der Waals surface area contributed by atoms with Crippen LogP contribution in [-0.4, -0.2) is 36.4 Å². The van der Waals surface area contributed by atoms with E-state index in [2.05, 4.69) is 10.6 Å². The SMILES string of the molecule is CC(C)(C)OC(=O)NCc1ccc(C(=O)N[C@@H]2[C@@H]3CCO[C@H]3C23CCC3)o1. The molecule has 2 amide bonds. The molecule has 2 aliphatic carbocycles. The number of ether oxygens (including phenoxy) is 2. The Morgan fingerprint density at radius 2 is 2.07 bits per heavy atom. The molecular formula is C20H28N2O5. The van der Waals surface area contributed by atoms with Crippen molar-refractivity contribution in [3.8, 4) is 0 Å². The van der Waals surface area contributed by atoms with Crippen LogP contribution in [0, 0.1) is 11.3 Å². The van der Waals surface area contributed by atoms with Crippen molar-refractivity contribution in [2.24, 2.45) is 11.3 Å². The Morgan fingerprint density at radius 1 is 1.30 bits per heavy atom. The predicted molar refractivity (Wildman–Crippen MR) is 97.2 cm³/mol. The molecule has 1 spiro atoms. The molecule has 27 heavy (non-hydrogen) atoms. The van der Waals surface area contributed by atoms with Crippen LogP contribution in [0.4, 0.5) is 4.79 Å². The summed E-state index contributed by atoms with van der Waals surface area (Å²) in [6, 6.07) is 3.53. The molecule has 2 saturated carbocycles. The lowest BCUT2D eigenvalue weighted by molar-refractivity contribution is -0.172. The zero-order valence-corrected chi connectivity index (χ0v) is 16.2. The fourth-order valence-corrected chi connectivity index (χ4v) is 4.74. The summed E-state index contributed by atoms with van der Waals surface area (Å²) in [5.41, 5.74) is -0.412. The first-order chi connectivity index (χ1) is 12.8. The second kappa shape index (κ2) is 6.55. The van der Waals surface area contributed by atoms with E-state index in [9.17, 15) is 9.59 Å². The fraction of sp³-hybridized carbons (Fsp3) is 0.700. The Hall–Kier alpha value is -2.02. The number of carbonyl (C=O) groups is 2. The number of hydrogen-bond donors (Lipinski definition) is 2. The molecule has 7 heteroatoms. The van der Waals surface area contributed by atoms with Crippen molar-refractivity contribution >= 4 is 12.0 Å². The van der Waals surface area contributed by atoms with Crippen molar-refractivity contribution in [3.63, 3.8) is 0 Å². The molecule has 1 aromatic rings. The molecule has 0 radical (unpaired) electrons. The van der Waals surface area contributed by atoms with E-state index in [1.807, 2.05) is 0 Å². The van der Waals surface area contributed by atoms with Crippen molar-refractivity contribution in [3.05, 3.63) is 23.7 Å². The number of rotatable bonds is 4. The van der Waals surface area contributed by atoms with Gasteiger partial charge in [0.15, 0.2) is 5.76 Å². The lowest BCUT2D eigenvalue weighted by Gasteiger charge is -2.63. The smallest absolute Gasteiger partial charge is 0.408 e. The molecule has 3 atom stereocenters. The van der Waals surface area contributed by atoms with Gasteiger partial charge in [-0.05, 0) is 52.2 Å². The first kappa shape index (κ1) is 18.3. The quantitative estimate of drug-likeness (QED) is 0.843. The zero-order valence-electron chi connectivity index (χ0n) is 16.2. The number of carbonyl (C=O) groups excluding carboxylic acids is 2. The number of furan rings is 1. The predicted octanol–water partition coefficient (Wildman–Crippen LogP) is 2.99. The second-order valence-corrected chi connectivity index (χ2v) is 8.90. The summed E-state index contributed by atoms with van der Waals surface area (Å²) in [6.07, 6.45) is 4.28. The van der Waals surface area contributed by atoms with E-state index < -0.39 is 11.7 Å². The highest BCUT2D eigenvalue weighted by atomic mass is 16.6. The zero-order chi connectivity index (χ0) is 19.2. The van der Waals surface area contributed by atoms with Gasteiger partial charge in [0.05, 0.1) is 12.6 Å². The first-order valence-electron chi connectivity index (χ1n) is 9.76. The highest BCUT2D eigenvalue weighted by Crippen LogP contribution is 2.62. The van der Waals surface area contributed by atoms with Crippen molar-refractivity contribution in [2.75, 3.05) is 6.61 Å². The molecule has 148 valence electrons. The molecule has 1 saturated heterocycles. The van der Waals surface area contributed by atoms with E-state index in [-0.39, 0.29) is 29.7 Å². The summed E-state index contributed by atoms with van der Waals surface area (Å²) in [7, 11) is 0. The molecule has 4 rings (SSSR count). The molecule has 3 aliphatic rings. The van der Waals surface area contributed by atoms with Gasteiger partial charge in [-0.2, -0.15) is 0 Å². The Bertz CT molecular complexity index is 731. The van der Waals surface area contributed by atoms with Gasteiger partial charge in [-0.1, -0.05) is 6.42 Å². The van der Waals surface area contributed by atoms with Gasteiger partial charge < -0.3 is 24.5 Å². The van der Waals surface area contributed by atoms with Crippen molar-refractivity contribution in [2.45, 2.75) is 70.7 Å². The molecule has 1 aliphatic heterocycles. The molecule has 3 fully saturated rings. The molecule has 2 N–H and O–H groups in total. The average molecular weight is 376 g/mol. The van der Waals surface area contributed by atoms with Crippen LogP contribution in [0.5, 0.6) is 0 Å². The van der Waals surface area contributed by atoms with Crippen LogP contribution in [0.1, 0.15) is 62.8 Å². The Labute approximate surface area is 159 Å². The highest BCUT2D eigenvalue weighted by Gasteiger charge is 2.67. The normalized spacial score (nSPS) is 28.0. The van der Waals surface area contributed by atoms with Crippen molar-refractivity contribution < 1.29 is 23.5 Å². The maximum absolute atomic E-state index is 12.6. The second-order valence-electron chi connectivity index (χ2n) is 8.90. The number of amides is 2. The minimum absolute atomic E-state index is 0.143. The number of hydrogen-bond acceptors (Lipinski definition) is 5. The van der Waals surface area contributed by atoms with Crippen LogP contribution in [0.2, 0.25) is 0 Å². The van der Waals surface area contributed by atoms with Crippen LogP contribution in [0.15, 0.2) is 16.5 Å². The number of nitrogens with one attached hydrogen (secondary N) is 2. The summed E-state index contributed by atoms with van der Waals surface area (Å²) in [5.74, 6) is 1.02. The summed E-state index contributed by atoms with van der Waals surface area (Å²) in [5, 5.41) is 5.81. The number of alkyl carbamates (subject to hydrolysis) is 1. The van der Waals surface area contributed by atoms with Crippen molar-refractivity contribution in [1.82, 2.24) is 10.6 Å². The Kier molecular flexibility index (Phi) is 4.45. The average Bonchev–Trinajstić information content (AvgIpc) is 3.15. The third kappa shape index (κ3) is 3.33. The standard InChI is InChI=1S/C20H28N2O5/c1-19(2,3)27-18(24)21-11-12-5-6-14(26-12)17(23)22-15-13-7-10-25-16(13)20(15)8-4-9-20/h5-6,13,15-16H,4,7-11H2,1-3H3,(H,21,24)(H,22,23)/t13-,15+,16+/m0/s1. The third-order valence-electron chi connectivity index (χ3n) is 6.01.